The van der Waals surface area contributed by atoms with Crippen LogP contribution in [0.3, 0.4) is 0 Å². The van der Waals surface area contributed by atoms with Crippen molar-refractivity contribution in [3.63, 3.8) is 0 Å². The van der Waals surface area contributed by atoms with Crippen molar-refractivity contribution in [2.75, 3.05) is 0 Å². The summed E-state index contributed by atoms with van der Waals surface area (Å²) in [6, 6.07) is 0.225. The standard InChI is InChI=1S/C14H22N2S/c1-8(2)10-5-6-11-12(7-10)17-14(16-11)13(15)9-3-4-9/h8-10,13H,3-7,15H2,1-2H3. The van der Waals surface area contributed by atoms with E-state index in [0.717, 1.165) is 17.8 Å². The Morgan fingerprint density at radius 2 is 2.00 bits per heavy atom. The van der Waals surface area contributed by atoms with Crippen LogP contribution in [0.15, 0.2) is 0 Å². The molecule has 2 N–H and O–H groups in total. The van der Waals surface area contributed by atoms with Crippen molar-refractivity contribution >= 4 is 11.3 Å². The van der Waals surface area contributed by atoms with Gasteiger partial charge in [-0.15, -0.1) is 11.3 Å². The largest absolute Gasteiger partial charge is 0.322 e. The van der Waals surface area contributed by atoms with E-state index >= 15 is 0 Å². The Morgan fingerprint density at radius 1 is 1.24 bits per heavy atom. The van der Waals surface area contributed by atoms with Crippen molar-refractivity contribution in [1.82, 2.24) is 4.98 Å². The smallest absolute Gasteiger partial charge is 0.110 e. The van der Waals surface area contributed by atoms with Crippen molar-refractivity contribution in [1.29, 1.82) is 0 Å². The van der Waals surface area contributed by atoms with Gasteiger partial charge in [0.1, 0.15) is 5.01 Å². The van der Waals surface area contributed by atoms with Crippen molar-refractivity contribution in [2.24, 2.45) is 23.5 Å². The van der Waals surface area contributed by atoms with Crippen LogP contribution in [0.1, 0.15) is 54.7 Å². The first kappa shape index (κ1) is 11.7. The number of aromatic nitrogens is 1. The molecule has 2 atom stereocenters. The molecule has 3 rings (SSSR count). The van der Waals surface area contributed by atoms with Gasteiger partial charge in [0.15, 0.2) is 0 Å². The summed E-state index contributed by atoms with van der Waals surface area (Å²) in [6.45, 7) is 4.68. The molecule has 1 heterocycles. The van der Waals surface area contributed by atoms with Gasteiger partial charge in [0.2, 0.25) is 0 Å². The summed E-state index contributed by atoms with van der Waals surface area (Å²) in [7, 11) is 0. The maximum absolute atomic E-state index is 6.25. The van der Waals surface area contributed by atoms with Crippen molar-refractivity contribution in [3.8, 4) is 0 Å². The second kappa shape index (κ2) is 4.36. The second-order valence-corrected chi connectivity index (χ2v) is 7.15. The van der Waals surface area contributed by atoms with E-state index in [1.807, 2.05) is 11.3 Å². The molecule has 1 saturated carbocycles. The SMILES string of the molecule is CC(C)C1CCc2nc(C(N)C3CC3)sc2C1. The Bertz CT molecular complexity index is 406. The van der Waals surface area contributed by atoms with E-state index in [0.29, 0.717) is 0 Å². The van der Waals surface area contributed by atoms with Gasteiger partial charge in [0.25, 0.3) is 0 Å². The molecule has 0 saturated heterocycles. The van der Waals surface area contributed by atoms with Gasteiger partial charge in [-0.1, -0.05) is 13.8 Å². The fourth-order valence-corrected chi connectivity index (χ4v) is 4.09. The van der Waals surface area contributed by atoms with Crippen LogP contribution in [-0.2, 0) is 12.8 Å². The number of aryl methyl sites for hydroxylation is 1. The van der Waals surface area contributed by atoms with Crippen LogP contribution in [0, 0.1) is 17.8 Å². The average molecular weight is 250 g/mol. The Labute approximate surface area is 108 Å². The monoisotopic (exact) mass is 250 g/mol. The molecule has 0 bridgehead atoms. The lowest BCUT2D eigenvalue weighted by molar-refractivity contribution is 0.344. The normalized spacial score (nSPS) is 26.0. The number of hydrogen-bond donors (Lipinski definition) is 1. The van der Waals surface area contributed by atoms with Gasteiger partial charge < -0.3 is 5.73 Å². The van der Waals surface area contributed by atoms with Crippen LogP contribution in [0.4, 0.5) is 0 Å². The lowest BCUT2D eigenvalue weighted by Crippen LogP contribution is -2.18. The minimum absolute atomic E-state index is 0.225. The Hall–Kier alpha value is -0.410. The molecule has 2 unspecified atom stereocenters. The van der Waals surface area contributed by atoms with E-state index in [2.05, 4.69) is 13.8 Å². The molecule has 1 fully saturated rings. The second-order valence-electron chi connectivity index (χ2n) is 6.03. The third-order valence-corrected chi connectivity index (χ3v) is 5.57. The number of thiazole rings is 1. The Morgan fingerprint density at radius 3 is 2.65 bits per heavy atom. The van der Waals surface area contributed by atoms with Gasteiger partial charge in [-0.05, 0) is 49.9 Å². The quantitative estimate of drug-likeness (QED) is 0.894. The number of nitrogens with two attached hydrogens (primary N) is 1. The molecule has 0 amide bonds. The van der Waals surface area contributed by atoms with E-state index in [4.69, 9.17) is 10.7 Å². The predicted molar refractivity (Wildman–Crippen MR) is 72.1 cm³/mol. The first-order valence-corrected chi connectivity index (χ1v) is 7.71. The summed E-state index contributed by atoms with van der Waals surface area (Å²) in [6.07, 6.45) is 6.33. The topological polar surface area (TPSA) is 38.9 Å². The zero-order valence-corrected chi connectivity index (χ0v) is 11.6. The first-order valence-electron chi connectivity index (χ1n) is 6.89. The van der Waals surface area contributed by atoms with Gasteiger partial charge >= 0.3 is 0 Å². The van der Waals surface area contributed by atoms with Gasteiger partial charge in [-0.25, -0.2) is 4.98 Å². The van der Waals surface area contributed by atoms with E-state index in [1.54, 1.807) is 0 Å². The van der Waals surface area contributed by atoms with Crippen LogP contribution in [0.2, 0.25) is 0 Å². The molecule has 0 aliphatic heterocycles. The van der Waals surface area contributed by atoms with Crippen molar-refractivity contribution in [2.45, 2.75) is 52.0 Å². The molecule has 94 valence electrons. The van der Waals surface area contributed by atoms with E-state index in [1.165, 1.54) is 47.7 Å². The zero-order valence-electron chi connectivity index (χ0n) is 10.8. The lowest BCUT2D eigenvalue weighted by Gasteiger charge is -2.24. The average Bonchev–Trinajstić information content (AvgIpc) is 3.06. The van der Waals surface area contributed by atoms with Crippen LogP contribution >= 0.6 is 11.3 Å². The molecular formula is C14H22N2S. The van der Waals surface area contributed by atoms with Crippen LogP contribution < -0.4 is 5.73 Å². The van der Waals surface area contributed by atoms with E-state index < -0.39 is 0 Å². The highest BCUT2D eigenvalue weighted by Gasteiger charge is 2.33. The van der Waals surface area contributed by atoms with Gasteiger partial charge in [0, 0.05) is 4.88 Å². The summed E-state index contributed by atoms with van der Waals surface area (Å²) in [5.74, 6) is 2.38. The maximum Gasteiger partial charge on any atom is 0.110 e. The minimum Gasteiger partial charge on any atom is -0.322 e. The highest BCUT2D eigenvalue weighted by molar-refractivity contribution is 7.11. The molecule has 0 radical (unpaired) electrons. The number of nitrogens with zero attached hydrogens (tertiary/aromatic N) is 1. The summed E-state index contributed by atoms with van der Waals surface area (Å²) in [5.41, 5.74) is 7.61. The fourth-order valence-electron chi connectivity index (χ4n) is 2.79. The molecule has 2 aliphatic rings. The summed E-state index contributed by atoms with van der Waals surface area (Å²) >= 11 is 1.90. The number of rotatable bonds is 3. The maximum atomic E-state index is 6.25. The minimum atomic E-state index is 0.225. The summed E-state index contributed by atoms with van der Waals surface area (Å²) < 4.78 is 0. The molecule has 3 heteroatoms. The van der Waals surface area contributed by atoms with Gasteiger partial charge in [-0.2, -0.15) is 0 Å². The molecule has 2 aliphatic carbocycles. The van der Waals surface area contributed by atoms with Gasteiger partial charge in [-0.3, -0.25) is 0 Å². The molecule has 1 aromatic heterocycles. The predicted octanol–water partition coefficient (Wildman–Crippen LogP) is 3.31. The third-order valence-electron chi connectivity index (χ3n) is 4.35. The Balaban J connectivity index is 1.78. The Kier molecular flexibility index (Phi) is 2.99. The number of hydrogen-bond acceptors (Lipinski definition) is 3. The number of fused-ring (bicyclic) bond motifs is 1. The van der Waals surface area contributed by atoms with Crippen LogP contribution in [0.5, 0.6) is 0 Å². The highest BCUT2D eigenvalue weighted by Crippen LogP contribution is 2.42. The van der Waals surface area contributed by atoms with Crippen molar-refractivity contribution in [3.05, 3.63) is 15.6 Å². The molecule has 0 aromatic carbocycles. The summed E-state index contributed by atoms with van der Waals surface area (Å²) in [4.78, 5) is 6.33. The van der Waals surface area contributed by atoms with Crippen LogP contribution in [-0.4, -0.2) is 4.98 Å². The third kappa shape index (κ3) is 2.27. The van der Waals surface area contributed by atoms with Crippen molar-refractivity contribution < 1.29 is 0 Å². The fraction of sp³-hybridized carbons (Fsp3) is 0.786. The molecule has 1 aromatic rings. The molecule has 17 heavy (non-hydrogen) atoms. The lowest BCUT2D eigenvalue weighted by atomic mass is 9.83. The molecule has 2 nitrogen and oxygen atoms in total. The van der Waals surface area contributed by atoms with E-state index in [-0.39, 0.29) is 6.04 Å². The molecular weight excluding hydrogens is 228 g/mol. The molecule has 0 spiro atoms. The zero-order chi connectivity index (χ0) is 12.0. The van der Waals surface area contributed by atoms with Gasteiger partial charge in [0.05, 0.1) is 11.7 Å². The highest BCUT2D eigenvalue weighted by atomic mass is 32.1. The van der Waals surface area contributed by atoms with Crippen LogP contribution in [0.25, 0.3) is 0 Å². The first-order chi connectivity index (χ1) is 8.15. The summed E-state index contributed by atoms with van der Waals surface area (Å²) in [5, 5.41) is 1.21. The van der Waals surface area contributed by atoms with E-state index in [9.17, 15) is 0 Å².